The molecule has 0 spiro atoms. The average Bonchev–Trinajstić information content (AvgIpc) is 2.54. The Bertz CT molecular complexity index is 580. The summed E-state index contributed by atoms with van der Waals surface area (Å²) in [6.45, 7) is 3.67. The lowest BCUT2D eigenvalue weighted by atomic mass is 10.1. The van der Waals surface area contributed by atoms with Crippen LogP contribution in [-0.4, -0.2) is 47.4 Å². The van der Waals surface area contributed by atoms with E-state index in [9.17, 15) is 0 Å². The molecule has 1 N–H and O–H groups in total. The van der Waals surface area contributed by atoms with Gasteiger partial charge in [-0.25, -0.2) is 0 Å². The Morgan fingerprint density at radius 1 is 1.24 bits per heavy atom. The van der Waals surface area contributed by atoms with E-state index in [0.29, 0.717) is 12.7 Å². The average molecular weight is 286 g/mol. The smallest absolute Gasteiger partial charge is 0.0702 e. The van der Waals surface area contributed by atoms with Gasteiger partial charge in [0.15, 0.2) is 0 Å². The van der Waals surface area contributed by atoms with Crippen LogP contribution in [0.15, 0.2) is 36.5 Å². The summed E-state index contributed by atoms with van der Waals surface area (Å²) in [5, 5.41) is 9.99. The maximum Gasteiger partial charge on any atom is 0.0702 e. The van der Waals surface area contributed by atoms with Crippen molar-refractivity contribution in [3.05, 3.63) is 42.1 Å². The van der Waals surface area contributed by atoms with E-state index < -0.39 is 0 Å². The predicted molar refractivity (Wildman–Crippen MR) is 83.1 cm³/mol. The number of piperidine rings is 1. The highest BCUT2D eigenvalue weighted by Gasteiger charge is 2.19. The van der Waals surface area contributed by atoms with Crippen LogP contribution in [0.3, 0.4) is 0 Å². The highest BCUT2D eigenvalue weighted by Crippen LogP contribution is 2.18. The van der Waals surface area contributed by atoms with E-state index in [1.165, 1.54) is 10.9 Å². The van der Waals surface area contributed by atoms with Crippen molar-refractivity contribution in [2.75, 3.05) is 26.3 Å². The third-order valence-electron chi connectivity index (χ3n) is 4.05. The molecule has 3 rings (SSSR count). The van der Waals surface area contributed by atoms with Crippen LogP contribution < -0.4 is 0 Å². The highest BCUT2D eigenvalue weighted by atomic mass is 16.5. The van der Waals surface area contributed by atoms with Crippen molar-refractivity contribution >= 4 is 10.9 Å². The first-order valence-corrected chi connectivity index (χ1v) is 7.63. The molecule has 0 saturated carbocycles. The van der Waals surface area contributed by atoms with Gasteiger partial charge in [-0.05, 0) is 36.6 Å². The zero-order chi connectivity index (χ0) is 14.5. The number of hydrogen-bond donors (Lipinski definition) is 1. The third-order valence-corrected chi connectivity index (χ3v) is 4.05. The molecule has 1 aliphatic rings. The minimum Gasteiger partial charge on any atom is -0.394 e. The molecule has 2 aromatic rings. The minimum absolute atomic E-state index is 0.116. The van der Waals surface area contributed by atoms with Crippen LogP contribution in [0.1, 0.15) is 18.4 Å². The van der Waals surface area contributed by atoms with Crippen LogP contribution in [0.5, 0.6) is 0 Å². The quantitative estimate of drug-likeness (QED) is 0.915. The molecule has 4 nitrogen and oxygen atoms in total. The number of aliphatic hydroxyl groups excluding tert-OH is 1. The number of aromatic nitrogens is 1. The number of nitrogens with zero attached hydrogens (tertiary/aromatic N) is 2. The van der Waals surface area contributed by atoms with Crippen LogP contribution >= 0.6 is 0 Å². The van der Waals surface area contributed by atoms with E-state index in [0.717, 1.165) is 38.0 Å². The first-order valence-electron chi connectivity index (χ1n) is 7.63. The van der Waals surface area contributed by atoms with Gasteiger partial charge >= 0.3 is 0 Å². The normalized spacial score (nSPS) is 17.4. The largest absolute Gasteiger partial charge is 0.394 e. The highest BCUT2D eigenvalue weighted by molar-refractivity contribution is 5.78. The van der Waals surface area contributed by atoms with E-state index in [-0.39, 0.29) is 6.61 Å². The number of rotatable bonds is 5. The molecule has 1 fully saturated rings. The second-order valence-electron chi connectivity index (χ2n) is 5.60. The lowest BCUT2D eigenvalue weighted by Crippen LogP contribution is -2.36. The molecular weight excluding hydrogens is 264 g/mol. The van der Waals surface area contributed by atoms with Gasteiger partial charge in [-0.3, -0.25) is 9.88 Å². The van der Waals surface area contributed by atoms with Gasteiger partial charge in [0, 0.05) is 31.2 Å². The second kappa shape index (κ2) is 6.98. The standard InChI is InChI=1S/C17H22N2O2/c20-10-11-21-16-5-8-19(9-6-16)13-14-3-4-17-15(12-14)2-1-7-18-17/h1-4,7,12,16,20H,5-6,8-11,13H2. The van der Waals surface area contributed by atoms with Crippen molar-refractivity contribution in [1.82, 2.24) is 9.88 Å². The van der Waals surface area contributed by atoms with E-state index in [2.05, 4.69) is 34.1 Å². The number of likely N-dealkylation sites (tertiary alicyclic amines) is 1. The fourth-order valence-electron chi connectivity index (χ4n) is 2.94. The first-order chi connectivity index (χ1) is 10.3. The van der Waals surface area contributed by atoms with E-state index in [1.54, 1.807) is 0 Å². The lowest BCUT2D eigenvalue weighted by Gasteiger charge is -2.31. The summed E-state index contributed by atoms with van der Waals surface area (Å²) in [7, 11) is 0. The van der Waals surface area contributed by atoms with E-state index in [1.807, 2.05) is 12.3 Å². The predicted octanol–water partition coefficient (Wildman–Crippen LogP) is 2.21. The van der Waals surface area contributed by atoms with E-state index in [4.69, 9.17) is 9.84 Å². The summed E-state index contributed by atoms with van der Waals surface area (Å²) < 4.78 is 5.60. The Hall–Kier alpha value is -1.49. The Morgan fingerprint density at radius 3 is 2.90 bits per heavy atom. The molecule has 1 aromatic carbocycles. The van der Waals surface area contributed by atoms with Crippen molar-refractivity contribution in [3.63, 3.8) is 0 Å². The second-order valence-corrected chi connectivity index (χ2v) is 5.60. The van der Waals surface area contributed by atoms with Gasteiger partial charge in [-0.15, -0.1) is 0 Å². The van der Waals surface area contributed by atoms with Crippen molar-refractivity contribution in [3.8, 4) is 0 Å². The molecule has 1 aliphatic heterocycles. The molecule has 0 amide bonds. The van der Waals surface area contributed by atoms with Crippen LogP contribution in [0, 0.1) is 0 Å². The monoisotopic (exact) mass is 286 g/mol. The topological polar surface area (TPSA) is 45.6 Å². The molecule has 0 aliphatic carbocycles. The Kier molecular flexibility index (Phi) is 4.80. The molecule has 112 valence electrons. The molecule has 2 heterocycles. The number of hydrogen-bond acceptors (Lipinski definition) is 4. The third kappa shape index (κ3) is 3.79. The summed E-state index contributed by atoms with van der Waals surface area (Å²) >= 11 is 0. The molecular formula is C17H22N2O2. The number of ether oxygens (including phenoxy) is 1. The van der Waals surface area contributed by atoms with Gasteiger partial charge in [0.2, 0.25) is 0 Å². The van der Waals surface area contributed by atoms with Gasteiger partial charge in [-0.1, -0.05) is 12.1 Å². The van der Waals surface area contributed by atoms with Gasteiger partial charge < -0.3 is 9.84 Å². The number of aliphatic hydroxyl groups is 1. The molecule has 0 unspecified atom stereocenters. The van der Waals surface area contributed by atoms with Gasteiger partial charge in [0.1, 0.15) is 0 Å². The number of benzene rings is 1. The maximum atomic E-state index is 8.79. The first kappa shape index (κ1) is 14.4. The molecule has 4 heteroatoms. The minimum atomic E-state index is 0.116. The molecule has 0 atom stereocenters. The van der Waals surface area contributed by atoms with Crippen LogP contribution in [0.2, 0.25) is 0 Å². The summed E-state index contributed by atoms with van der Waals surface area (Å²) in [5.74, 6) is 0. The molecule has 1 saturated heterocycles. The van der Waals surface area contributed by atoms with Crippen LogP contribution in [0.25, 0.3) is 10.9 Å². The Labute approximate surface area is 125 Å². The molecule has 0 radical (unpaired) electrons. The SMILES string of the molecule is OCCOC1CCN(Cc2ccc3ncccc3c2)CC1. The Morgan fingerprint density at radius 2 is 2.10 bits per heavy atom. The van der Waals surface area contributed by atoms with Crippen molar-refractivity contribution in [2.45, 2.75) is 25.5 Å². The number of pyridine rings is 1. The summed E-state index contributed by atoms with van der Waals surface area (Å²) in [5.41, 5.74) is 2.39. The van der Waals surface area contributed by atoms with Crippen molar-refractivity contribution in [2.24, 2.45) is 0 Å². The molecule has 21 heavy (non-hydrogen) atoms. The summed E-state index contributed by atoms with van der Waals surface area (Å²) in [6, 6.07) is 10.6. The van der Waals surface area contributed by atoms with Crippen molar-refractivity contribution < 1.29 is 9.84 Å². The lowest BCUT2D eigenvalue weighted by molar-refractivity contribution is -0.00900. The Balaban J connectivity index is 1.56. The van der Waals surface area contributed by atoms with Gasteiger partial charge in [0.25, 0.3) is 0 Å². The van der Waals surface area contributed by atoms with Crippen LogP contribution in [-0.2, 0) is 11.3 Å². The fraction of sp³-hybridized carbons (Fsp3) is 0.471. The molecule has 0 bridgehead atoms. The maximum absolute atomic E-state index is 8.79. The summed E-state index contributed by atoms with van der Waals surface area (Å²) in [6.07, 6.45) is 4.25. The molecule has 1 aromatic heterocycles. The number of fused-ring (bicyclic) bond motifs is 1. The van der Waals surface area contributed by atoms with Gasteiger partial charge in [-0.2, -0.15) is 0 Å². The van der Waals surface area contributed by atoms with Crippen molar-refractivity contribution in [1.29, 1.82) is 0 Å². The van der Waals surface area contributed by atoms with E-state index >= 15 is 0 Å². The van der Waals surface area contributed by atoms with Gasteiger partial charge in [0.05, 0.1) is 24.8 Å². The fourth-order valence-corrected chi connectivity index (χ4v) is 2.94. The summed E-state index contributed by atoms with van der Waals surface area (Å²) in [4.78, 5) is 6.83. The zero-order valence-electron chi connectivity index (χ0n) is 12.2. The van der Waals surface area contributed by atoms with Crippen LogP contribution in [0.4, 0.5) is 0 Å². The zero-order valence-corrected chi connectivity index (χ0v) is 12.2.